The molecule has 1 aliphatic rings. The van der Waals surface area contributed by atoms with Crippen LogP contribution in [0.4, 0.5) is 11.6 Å². The van der Waals surface area contributed by atoms with E-state index >= 15 is 0 Å². The van der Waals surface area contributed by atoms with Crippen molar-refractivity contribution in [3.05, 3.63) is 69.8 Å². The first-order valence-electron chi connectivity index (χ1n) is 12.4. The first-order valence-corrected chi connectivity index (χ1v) is 12.4. The van der Waals surface area contributed by atoms with E-state index in [1.165, 1.54) is 11.1 Å². The fourth-order valence-corrected chi connectivity index (χ4v) is 4.49. The van der Waals surface area contributed by atoms with Crippen LogP contribution in [0.25, 0.3) is 16.9 Å². The summed E-state index contributed by atoms with van der Waals surface area (Å²) in [5.41, 5.74) is 2.94. The molecule has 9 heteroatoms. The molecule has 0 saturated carbocycles. The minimum Gasteiger partial charge on any atom is -0.390 e. The van der Waals surface area contributed by atoms with Gasteiger partial charge in [0.05, 0.1) is 11.3 Å². The van der Waals surface area contributed by atoms with Crippen molar-refractivity contribution in [1.29, 1.82) is 0 Å². The molecule has 3 aromatic heterocycles. The summed E-state index contributed by atoms with van der Waals surface area (Å²) in [5, 5.41) is 17.9. The molecule has 0 saturated heterocycles. The lowest BCUT2D eigenvalue weighted by molar-refractivity contribution is 0.00776. The molecule has 4 heterocycles. The zero-order valence-electron chi connectivity index (χ0n) is 21.5. The Morgan fingerprint density at radius 2 is 1.92 bits per heavy atom. The van der Waals surface area contributed by atoms with Gasteiger partial charge >= 0.3 is 0 Å². The van der Waals surface area contributed by atoms with Crippen molar-refractivity contribution in [1.82, 2.24) is 29.6 Å². The van der Waals surface area contributed by atoms with Gasteiger partial charge in [-0.15, -0.1) is 0 Å². The maximum atomic E-state index is 13.2. The second-order valence-corrected chi connectivity index (χ2v) is 10.4. The Kier molecular flexibility index (Phi) is 5.92. The molecule has 1 aliphatic heterocycles. The number of hydrogen-bond acceptors (Lipinski definition) is 7. The van der Waals surface area contributed by atoms with E-state index < -0.39 is 11.0 Å². The predicted molar refractivity (Wildman–Crippen MR) is 141 cm³/mol. The molecule has 188 valence electrons. The van der Waals surface area contributed by atoms with Crippen molar-refractivity contribution in [3.8, 4) is 5.82 Å². The normalized spacial score (nSPS) is 14.2. The third-order valence-electron chi connectivity index (χ3n) is 7.45. The van der Waals surface area contributed by atoms with Gasteiger partial charge < -0.3 is 15.7 Å². The first-order chi connectivity index (χ1) is 17.1. The van der Waals surface area contributed by atoms with Crippen molar-refractivity contribution in [2.24, 2.45) is 0 Å². The van der Waals surface area contributed by atoms with Gasteiger partial charge in [-0.05, 0) is 69.1 Å². The summed E-state index contributed by atoms with van der Waals surface area (Å²) in [6, 6.07) is 11.9. The molecule has 36 heavy (non-hydrogen) atoms. The van der Waals surface area contributed by atoms with Crippen molar-refractivity contribution in [3.63, 3.8) is 0 Å². The number of rotatable bonds is 6. The lowest BCUT2D eigenvalue weighted by Gasteiger charge is -2.36. The Morgan fingerprint density at radius 1 is 1.11 bits per heavy atom. The largest absolute Gasteiger partial charge is 0.390 e. The van der Waals surface area contributed by atoms with E-state index in [2.05, 4.69) is 27.8 Å². The number of fused-ring (bicyclic) bond motifs is 2. The molecular weight excluding hydrogens is 454 g/mol. The summed E-state index contributed by atoms with van der Waals surface area (Å²) < 4.78 is 3.35. The first kappa shape index (κ1) is 24.1. The van der Waals surface area contributed by atoms with Crippen LogP contribution < -0.4 is 16.2 Å². The second kappa shape index (κ2) is 8.83. The monoisotopic (exact) mass is 487 g/mol. The van der Waals surface area contributed by atoms with Crippen molar-refractivity contribution in [2.75, 3.05) is 11.9 Å². The number of anilines is 2. The Bertz CT molecular complexity index is 1490. The fraction of sp³-hybridized carbons (Fsp3) is 0.407. The van der Waals surface area contributed by atoms with E-state index in [0.29, 0.717) is 29.3 Å². The van der Waals surface area contributed by atoms with Gasteiger partial charge in [0, 0.05) is 30.4 Å². The number of pyridine rings is 1. The summed E-state index contributed by atoms with van der Waals surface area (Å²) in [7, 11) is 0. The molecule has 1 aromatic carbocycles. The summed E-state index contributed by atoms with van der Waals surface area (Å²) >= 11 is 0. The molecule has 4 aromatic rings. The second-order valence-electron chi connectivity index (χ2n) is 10.4. The Labute approximate surface area is 210 Å². The van der Waals surface area contributed by atoms with Gasteiger partial charge in [0.25, 0.3) is 5.56 Å². The van der Waals surface area contributed by atoms with Crippen LogP contribution in [-0.2, 0) is 24.9 Å². The van der Waals surface area contributed by atoms with E-state index in [-0.39, 0.29) is 5.56 Å². The highest BCUT2D eigenvalue weighted by molar-refractivity contribution is 5.77. The molecule has 0 radical (unpaired) electrons. The van der Waals surface area contributed by atoms with Crippen LogP contribution in [0.15, 0.2) is 47.4 Å². The van der Waals surface area contributed by atoms with Crippen molar-refractivity contribution in [2.45, 2.75) is 65.1 Å². The third-order valence-corrected chi connectivity index (χ3v) is 7.45. The zero-order chi connectivity index (χ0) is 25.7. The van der Waals surface area contributed by atoms with Crippen LogP contribution in [0.3, 0.4) is 0 Å². The molecule has 0 fully saturated rings. The molecule has 0 aliphatic carbocycles. The van der Waals surface area contributed by atoms with Crippen molar-refractivity contribution >= 4 is 22.7 Å². The molecule has 0 bridgehead atoms. The summed E-state index contributed by atoms with van der Waals surface area (Å²) in [5.74, 6) is 0.969. The maximum Gasteiger partial charge on any atom is 0.278 e. The maximum absolute atomic E-state index is 13.2. The molecular formula is C27H33N7O2. The predicted octanol–water partition coefficient (Wildman–Crippen LogP) is 3.43. The van der Waals surface area contributed by atoms with Crippen LogP contribution in [0.5, 0.6) is 0 Å². The smallest absolute Gasteiger partial charge is 0.278 e. The van der Waals surface area contributed by atoms with E-state index in [9.17, 15) is 9.90 Å². The van der Waals surface area contributed by atoms with E-state index in [4.69, 9.17) is 9.97 Å². The average Bonchev–Trinajstić information content (AvgIpc) is 3.14. The average molecular weight is 488 g/mol. The van der Waals surface area contributed by atoms with Gasteiger partial charge in [-0.3, -0.25) is 4.79 Å². The van der Waals surface area contributed by atoms with Crippen molar-refractivity contribution < 1.29 is 5.11 Å². The van der Waals surface area contributed by atoms with Gasteiger partial charge in [0.15, 0.2) is 11.5 Å². The Balaban J connectivity index is 1.60. The van der Waals surface area contributed by atoms with E-state index in [1.807, 2.05) is 45.0 Å². The summed E-state index contributed by atoms with van der Waals surface area (Å²) in [6.07, 6.45) is 2.55. The lowest BCUT2D eigenvalue weighted by atomic mass is 9.74. The molecule has 3 N–H and O–H groups in total. The number of benzene rings is 1. The summed E-state index contributed by atoms with van der Waals surface area (Å²) in [4.78, 5) is 27.2. The highest BCUT2D eigenvalue weighted by Gasteiger charge is 2.38. The number of nitrogens with zero attached hydrogens (tertiary/aromatic N) is 5. The molecule has 0 unspecified atom stereocenters. The molecule has 9 nitrogen and oxygen atoms in total. The SMILES string of the molecule is CCn1c(=O)c2cnc(Nc3ccc4c(c3)CCNC4)nc2n1-c1cccc(C(C)(C)C(C)(C)O)n1. The summed E-state index contributed by atoms with van der Waals surface area (Å²) in [6.45, 7) is 11.7. The van der Waals surface area contributed by atoms with E-state index in [1.54, 1.807) is 29.4 Å². The number of nitrogens with one attached hydrogen (secondary N) is 2. The van der Waals surface area contributed by atoms with Crippen LogP contribution in [0.2, 0.25) is 0 Å². The molecule has 5 rings (SSSR count). The van der Waals surface area contributed by atoms with Crippen LogP contribution in [-0.4, -0.2) is 41.6 Å². The highest BCUT2D eigenvalue weighted by Crippen LogP contribution is 2.34. The standard InChI is InChI=1S/C27H33N7O2/c1-6-33-24(35)20-16-29-25(30-19-11-10-18-15-28-13-12-17(18)14-19)32-23(20)34(33)22-9-7-8-21(31-22)26(2,3)27(4,5)36/h7-11,14,16,28,36H,6,12-13,15H2,1-5H3,(H,29,30,32). The quantitative estimate of drug-likeness (QED) is 0.382. The number of hydrogen-bond donors (Lipinski definition) is 3. The van der Waals surface area contributed by atoms with Gasteiger partial charge in [0.2, 0.25) is 5.95 Å². The van der Waals surface area contributed by atoms with Crippen LogP contribution in [0.1, 0.15) is 51.4 Å². The molecule has 0 atom stereocenters. The number of aromatic nitrogens is 5. The minimum atomic E-state index is -0.994. The zero-order valence-corrected chi connectivity index (χ0v) is 21.5. The van der Waals surface area contributed by atoms with Gasteiger partial charge in [0.1, 0.15) is 5.39 Å². The lowest BCUT2D eigenvalue weighted by Crippen LogP contribution is -2.43. The third kappa shape index (κ3) is 4.08. The van der Waals surface area contributed by atoms with Crippen LogP contribution >= 0.6 is 0 Å². The highest BCUT2D eigenvalue weighted by atomic mass is 16.3. The Morgan fingerprint density at radius 3 is 2.67 bits per heavy atom. The van der Waals surface area contributed by atoms with Gasteiger partial charge in [-0.1, -0.05) is 26.0 Å². The molecule has 0 spiro atoms. The van der Waals surface area contributed by atoms with Crippen LogP contribution in [0, 0.1) is 0 Å². The topological polar surface area (TPSA) is 110 Å². The molecule has 0 amide bonds. The Hall–Kier alpha value is -3.56. The number of aliphatic hydroxyl groups is 1. The van der Waals surface area contributed by atoms with Gasteiger partial charge in [-0.25, -0.2) is 19.3 Å². The minimum absolute atomic E-state index is 0.172. The van der Waals surface area contributed by atoms with E-state index in [0.717, 1.165) is 30.9 Å². The fourth-order valence-electron chi connectivity index (χ4n) is 4.49. The van der Waals surface area contributed by atoms with Gasteiger partial charge in [-0.2, -0.15) is 4.98 Å².